The first-order valence-electron chi connectivity index (χ1n) is 9.05. The fourth-order valence-corrected chi connectivity index (χ4v) is 3.48. The third-order valence-corrected chi connectivity index (χ3v) is 4.85. The molecule has 2 amide bonds. The van der Waals surface area contributed by atoms with Crippen molar-refractivity contribution >= 4 is 28.4 Å². The van der Waals surface area contributed by atoms with Gasteiger partial charge < -0.3 is 0 Å². The molecule has 2 aromatic rings. The highest BCUT2D eigenvalue weighted by atomic mass is 16.2. The lowest BCUT2D eigenvalue weighted by atomic mass is 9.89. The van der Waals surface area contributed by atoms with Gasteiger partial charge in [-0.3, -0.25) is 19.3 Å². The first kappa shape index (κ1) is 17.3. The molecule has 0 saturated heterocycles. The summed E-state index contributed by atoms with van der Waals surface area (Å²) in [6.45, 7) is 4.39. The summed E-state index contributed by atoms with van der Waals surface area (Å²) in [4.78, 5) is 39.3. The summed E-state index contributed by atoms with van der Waals surface area (Å²) in [6.07, 6.45) is 4.44. The van der Waals surface area contributed by atoms with E-state index < -0.39 is 0 Å². The SMILES string of the molecule is CCCCCCN1C(=O)c2cccc3c(C(=O)CC)ccc(c23)C1=O. The number of hydrogen-bond acceptors (Lipinski definition) is 3. The van der Waals surface area contributed by atoms with Gasteiger partial charge in [-0.05, 0) is 30.0 Å². The molecule has 4 heteroatoms. The van der Waals surface area contributed by atoms with Gasteiger partial charge in [0, 0.05) is 35.0 Å². The van der Waals surface area contributed by atoms with Gasteiger partial charge in [0.2, 0.25) is 0 Å². The zero-order chi connectivity index (χ0) is 18.0. The zero-order valence-electron chi connectivity index (χ0n) is 14.8. The highest BCUT2D eigenvalue weighted by Gasteiger charge is 2.33. The molecular weight excluding hydrogens is 314 g/mol. The molecule has 0 N–H and O–H groups in total. The normalized spacial score (nSPS) is 13.6. The van der Waals surface area contributed by atoms with Crippen LogP contribution in [0, 0.1) is 0 Å². The van der Waals surface area contributed by atoms with Gasteiger partial charge in [0.1, 0.15) is 0 Å². The third-order valence-electron chi connectivity index (χ3n) is 4.85. The molecule has 0 saturated carbocycles. The van der Waals surface area contributed by atoms with Crippen molar-refractivity contribution in [3.05, 3.63) is 47.0 Å². The molecule has 1 heterocycles. The van der Waals surface area contributed by atoms with Gasteiger partial charge in [-0.2, -0.15) is 0 Å². The van der Waals surface area contributed by atoms with Crippen molar-refractivity contribution in [3.8, 4) is 0 Å². The van der Waals surface area contributed by atoms with Crippen LogP contribution in [0.25, 0.3) is 10.8 Å². The van der Waals surface area contributed by atoms with Crippen LogP contribution in [-0.4, -0.2) is 29.0 Å². The molecular formula is C21H23NO3. The summed E-state index contributed by atoms with van der Waals surface area (Å²) in [7, 11) is 0. The molecule has 1 aliphatic rings. The molecule has 130 valence electrons. The predicted octanol–water partition coefficient (Wildman–Crippen LogP) is 4.61. The number of nitrogens with zero attached hydrogens (tertiary/aromatic N) is 1. The van der Waals surface area contributed by atoms with Crippen molar-refractivity contribution in [2.75, 3.05) is 6.54 Å². The lowest BCUT2D eigenvalue weighted by Gasteiger charge is -2.27. The fourth-order valence-electron chi connectivity index (χ4n) is 3.48. The number of imide groups is 1. The van der Waals surface area contributed by atoms with Gasteiger partial charge in [-0.15, -0.1) is 0 Å². The van der Waals surface area contributed by atoms with Gasteiger partial charge >= 0.3 is 0 Å². The van der Waals surface area contributed by atoms with E-state index in [0.717, 1.165) is 25.7 Å². The maximum atomic E-state index is 12.8. The number of amides is 2. The van der Waals surface area contributed by atoms with E-state index in [0.29, 0.717) is 40.4 Å². The van der Waals surface area contributed by atoms with E-state index in [2.05, 4.69) is 6.92 Å². The molecule has 0 aliphatic carbocycles. The monoisotopic (exact) mass is 337 g/mol. The highest BCUT2D eigenvalue weighted by Crippen LogP contribution is 2.32. The number of rotatable bonds is 7. The molecule has 4 nitrogen and oxygen atoms in total. The van der Waals surface area contributed by atoms with Crippen LogP contribution in [0.5, 0.6) is 0 Å². The van der Waals surface area contributed by atoms with Crippen molar-refractivity contribution in [1.82, 2.24) is 4.90 Å². The molecule has 0 unspecified atom stereocenters. The van der Waals surface area contributed by atoms with Gasteiger partial charge in [0.05, 0.1) is 0 Å². The summed E-state index contributed by atoms with van der Waals surface area (Å²) < 4.78 is 0. The molecule has 0 atom stereocenters. The van der Waals surface area contributed by atoms with Gasteiger partial charge in [-0.1, -0.05) is 45.2 Å². The minimum absolute atomic E-state index is 0.0191. The molecule has 3 rings (SSSR count). The molecule has 0 radical (unpaired) electrons. The van der Waals surface area contributed by atoms with Crippen LogP contribution in [0.2, 0.25) is 0 Å². The second kappa shape index (κ2) is 7.18. The summed E-state index contributed by atoms with van der Waals surface area (Å²) in [5.74, 6) is -0.480. The highest BCUT2D eigenvalue weighted by molar-refractivity contribution is 6.27. The smallest absolute Gasteiger partial charge is 0.261 e. The van der Waals surface area contributed by atoms with Gasteiger partial charge in [0.15, 0.2) is 5.78 Å². The summed E-state index contributed by atoms with van der Waals surface area (Å²) >= 11 is 0. The maximum Gasteiger partial charge on any atom is 0.261 e. The number of carbonyl (C=O) groups is 3. The van der Waals surface area contributed by atoms with Crippen molar-refractivity contribution in [3.63, 3.8) is 0 Å². The van der Waals surface area contributed by atoms with E-state index in [1.807, 2.05) is 13.0 Å². The lowest BCUT2D eigenvalue weighted by molar-refractivity contribution is 0.0607. The molecule has 0 fully saturated rings. The van der Waals surface area contributed by atoms with Crippen molar-refractivity contribution in [1.29, 1.82) is 0 Å². The van der Waals surface area contributed by atoms with E-state index in [-0.39, 0.29) is 17.6 Å². The summed E-state index contributed by atoms with van der Waals surface area (Å²) in [5, 5.41) is 1.33. The van der Waals surface area contributed by atoms with Gasteiger partial charge in [-0.25, -0.2) is 0 Å². The number of Topliss-reactive ketones (excluding diaryl/α,β-unsaturated/α-hetero) is 1. The van der Waals surface area contributed by atoms with Crippen LogP contribution < -0.4 is 0 Å². The largest absolute Gasteiger partial charge is 0.294 e. The van der Waals surface area contributed by atoms with Crippen LogP contribution in [0.15, 0.2) is 30.3 Å². The number of ketones is 1. The Morgan fingerprint density at radius 3 is 2.32 bits per heavy atom. The Morgan fingerprint density at radius 1 is 0.920 bits per heavy atom. The van der Waals surface area contributed by atoms with Crippen LogP contribution in [0.3, 0.4) is 0 Å². The Kier molecular flexibility index (Phi) is 4.98. The molecule has 0 bridgehead atoms. The Hall–Kier alpha value is -2.49. The van der Waals surface area contributed by atoms with E-state index in [9.17, 15) is 14.4 Å². The molecule has 1 aliphatic heterocycles. The average Bonchev–Trinajstić information content (AvgIpc) is 2.64. The van der Waals surface area contributed by atoms with E-state index >= 15 is 0 Å². The number of unbranched alkanes of at least 4 members (excludes halogenated alkanes) is 3. The third kappa shape index (κ3) is 2.97. The molecule has 0 aromatic heterocycles. The fraction of sp³-hybridized carbons (Fsp3) is 0.381. The Balaban J connectivity index is 2.04. The van der Waals surface area contributed by atoms with Crippen LogP contribution >= 0.6 is 0 Å². The number of carbonyl (C=O) groups excluding carboxylic acids is 3. The Labute approximate surface area is 147 Å². The predicted molar refractivity (Wildman–Crippen MR) is 98.1 cm³/mol. The molecule has 0 spiro atoms. The molecule has 2 aromatic carbocycles. The summed E-state index contributed by atoms with van der Waals surface area (Å²) in [6, 6.07) is 8.78. The van der Waals surface area contributed by atoms with Crippen LogP contribution in [-0.2, 0) is 0 Å². The standard InChI is InChI=1S/C21H23NO3/c1-3-5-6-7-13-22-20(24)16-10-8-9-15-14(18(23)4-2)11-12-17(19(15)16)21(22)25/h8-12H,3-7,13H2,1-2H3. The topological polar surface area (TPSA) is 54.5 Å². The lowest BCUT2D eigenvalue weighted by Crippen LogP contribution is -2.41. The quantitative estimate of drug-likeness (QED) is 0.421. The number of benzene rings is 2. The molecule has 25 heavy (non-hydrogen) atoms. The first-order chi connectivity index (χ1) is 12.1. The Bertz CT molecular complexity index is 831. The Morgan fingerprint density at radius 2 is 1.64 bits per heavy atom. The van der Waals surface area contributed by atoms with E-state index in [1.54, 1.807) is 24.3 Å². The summed E-state index contributed by atoms with van der Waals surface area (Å²) in [5.41, 5.74) is 1.63. The number of hydrogen-bond donors (Lipinski definition) is 0. The van der Waals surface area contributed by atoms with E-state index in [1.165, 1.54) is 4.90 Å². The first-order valence-corrected chi connectivity index (χ1v) is 9.05. The average molecular weight is 337 g/mol. The van der Waals surface area contributed by atoms with E-state index in [4.69, 9.17) is 0 Å². The van der Waals surface area contributed by atoms with Crippen LogP contribution in [0.1, 0.15) is 77.0 Å². The second-order valence-electron chi connectivity index (χ2n) is 6.49. The maximum absolute atomic E-state index is 12.8. The van der Waals surface area contributed by atoms with Gasteiger partial charge in [0.25, 0.3) is 11.8 Å². The van der Waals surface area contributed by atoms with Crippen LogP contribution in [0.4, 0.5) is 0 Å². The zero-order valence-corrected chi connectivity index (χ0v) is 14.8. The van der Waals surface area contributed by atoms with Crippen molar-refractivity contribution in [2.24, 2.45) is 0 Å². The minimum Gasteiger partial charge on any atom is -0.294 e. The van der Waals surface area contributed by atoms with Crippen molar-refractivity contribution < 1.29 is 14.4 Å². The van der Waals surface area contributed by atoms with Crippen molar-refractivity contribution in [2.45, 2.75) is 46.0 Å². The second-order valence-corrected chi connectivity index (χ2v) is 6.49. The minimum atomic E-state index is -0.249.